The van der Waals surface area contributed by atoms with Crippen molar-refractivity contribution >= 4 is 14.3 Å². The molecule has 0 amide bonds. The van der Waals surface area contributed by atoms with Gasteiger partial charge in [-0.1, -0.05) is 70.8 Å². The van der Waals surface area contributed by atoms with Crippen LogP contribution in [0.4, 0.5) is 0 Å². The molecule has 0 heterocycles. The first-order valence-corrected chi connectivity index (χ1v) is 10.1. The van der Waals surface area contributed by atoms with Crippen LogP contribution in [0.15, 0.2) is 30.8 Å². The molecule has 0 bridgehead atoms. The smallest absolute Gasteiger partial charge is 0.127 e. The van der Waals surface area contributed by atoms with Crippen molar-refractivity contribution in [3.05, 3.63) is 42.0 Å². The van der Waals surface area contributed by atoms with Gasteiger partial charge in [-0.25, -0.2) is 0 Å². The Balaban J connectivity index is 2.63. The van der Waals surface area contributed by atoms with Gasteiger partial charge in [-0.15, -0.1) is 0 Å². The fourth-order valence-corrected chi connectivity index (χ4v) is 3.79. The molecule has 0 aliphatic heterocycles. The fourth-order valence-electron chi connectivity index (χ4n) is 1.97. The number of likely N-dealkylation sites (N-methyl/N-ethyl adjacent to an activating group) is 1. The molecule has 0 saturated carbocycles. The summed E-state index contributed by atoms with van der Waals surface area (Å²) in [4.78, 5) is 0. The van der Waals surface area contributed by atoms with Gasteiger partial charge in [0.1, 0.15) is 8.24 Å². The minimum Gasteiger partial charge on any atom is -0.326 e. The second-order valence-corrected chi connectivity index (χ2v) is 12.3. The standard InChI is InChI=1S/C17H29NSi/c1-8-15-9-11-16(12-10-15)13-14-18(5)19(6,7)17(2,3)4/h8-12H,1,13-14H2,2-7H3. The topological polar surface area (TPSA) is 3.24 Å². The van der Waals surface area contributed by atoms with Gasteiger partial charge >= 0.3 is 0 Å². The third-order valence-corrected chi connectivity index (χ3v) is 10.5. The van der Waals surface area contributed by atoms with E-state index >= 15 is 0 Å². The molecule has 0 radical (unpaired) electrons. The summed E-state index contributed by atoms with van der Waals surface area (Å²) >= 11 is 0. The minimum atomic E-state index is -1.36. The molecule has 0 fully saturated rings. The Morgan fingerprint density at radius 2 is 1.68 bits per heavy atom. The summed E-state index contributed by atoms with van der Waals surface area (Å²) in [7, 11) is 0.925. The molecule has 1 nitrogen and oxygen atoms in total. The Kier molecular flexibility index (Phi) is 5.16. The third kappa shape index (κ3) is 4.05. The normalized spacial score (nSPS) is 12.8. The maximum absolute atomic E-state index is 3.79. The summed E-state index contributed by atoms with van der Waals surface area (Å²) in [5, 5.41) is 0.411. The molecule has 0 aromatic heterocycles. The summed E-state index contributed by atoms with van der Waals surface area (Å²) in [6.45, 7) is 17.0. The van der Waals surface area contributed by atoms with Crippen molar-refractivity contribution < 1.29 is 0 Å². The van der Waals surface area contributed by atoms with E-state index in [4.69, 9.17) is 0 Å². The van der Waals surface area contributed by atoms with E-state index in [1.165, 1.54) is 11.1 Å². The van der Waals surface area contributed by atoms with Crippen molar-refractivity contribution in [2.45, 2.75) is 45.3 Å². The van der Waals surface area contributed by atoms with Gasteiger partial charge in [0.25, 0.3) is 0 Å². The van der Waals surface area contributed by atoms with Crippen molar-refractivity contribution in [1.29, 1.82) is 0 Å². The molecule has 1 aromatic rings. The maximum Gasteiger partial charge on any atom is 0.127 e. The summed E-state index contributed by atoms with van der Waals surface area (Å²) in [6, 6.07) is 8.73. The van der Waals surface area contributed by atoms with Crippen LogP contribution in [0, 0.1) is 0 Å². The van der Waals surface area contributed by atoms with E-state index in [2.05, 4.69) is 76.3 Å². The predicted octanol–water partition coefficient (Wildman–Crippen LogP) is 4.81. The molecule has 19 heavy (non-hydrogen) atoms. The van der Waals surface area contributed by atoms with Crippen LogP contribution in [0.2, 0.25) is 18.1 Å². The summed E-state index contributed by atoms with van der Waals surface area (Å²) in [6.07, 6.45) is 3.02. The van der Waals surface area contributed by atoms with Gasteiger partial charge < -0.3 is 4.57 Å². The lowest BCUT2D eigenvalue weighted by molar-refractivity contribution is 0.472. The van der Waals surface area contributed by atoms with Crippen LogP contribution in [-0.4, -0.2) is 26.4 Å². The first-order valence-electron chi connectivity index (χ1n) is 7.11. The van der Waals surface area contributed by atoms with Crippen LogP contribution >= 0.6 is 0 Å². The van der Waals surface area contributed by atoms with Crippen LogP contribution < -0.4 is 0 Å². The minimum absolute atomic E-state index is 0.411. The first-order chi connectivity index (χ1) is 8.68. The zero-order valence-electron chi connectivity index (χ0n) is 13.5. The Hall–Kier alpha value is -0.863. The van der Waals surface area contributed by atoms with Crippen LogP contribution in [0.1, 0.15) is 31.9 Å². The molecule has 0 aliphatic carbocycles. The van der Waals surface area contributed by atoms with Gasteiger partial charge in [-0.05, 0) is 36.2 Å². The highest BCUT2D eigenvalue weighted by molar-refractivity contribution is 6.77. The molecule has 106 valence electrons. The van der Waals surface area contributed by atoms with E-state index in [1.54, 1.807) is 0 Å². The quantitative estimate of drug-likeness (QED) is 0.697. The lowest BCUT2D eigenvalue weighted by Crippen LogP contribution is -2.53. The average molecular weight is 276 g/mol. The van der Waals surface area contributed by atoms with E-state index in [9.17, 15) is 0 Å². The maximum atomic E-state index is 3.79. The van der Waals surface area contributed by atoms with Crippen molar-refractivity contribution in [3.63, 3.8) is 0 Å². The Labute approximate surface area is 120 Å². The SMILES string of the molecule is C=Cc1ccc(CCN(C)[Si](C)(C)C(C)(C)C)cc1. The molecule has 0 spiro atoms. The number of hydrogen-bond acceptors (Lipinski definition) is 1. The molecular weight excluding hydrogens is 246 g/mol. The van der Waals surface area contributed by atoms with Gasteiger partial charge in [0.05, 0.1) is 0 Å². The van der Waals surface area contributed by atoms with Crippen molar-refractivity contribution in [2.24, 2.45) is 0 Å². The fraction of sp³-hybridized carbons (Fsp3) is 0.529. The van der Waals surface area contributed by atoms with Crippen molar-refractivity contribution in [2.75, 3.05) is 13.6 Å². The largest absolute Gasteiger partial charge is 0.326 e. The number of nitrogens with zero attached hydrogens (tertiary/aromatic N) is 1. The molecular formula is C17H29NSi. The summed E-state index contributed by atoms with van der Waals surface area (Å²) in [5.74, 6) is 0. The Bertz CT molecular complexity index is 412. The van der Waals surface area contributed by atoms with Crippen molar-refractivity contribution in [1.82, 2.24) is 4.57 Å². The Morgan fingerprint density at radius 3 is 2.11 bits per heavy atom. The molecule has 0 saturated heterocycles. The highest BCUT2D eigenvalue weighted by atomic mass is 28.3. The number of benzene rings is 1. The Morgan fingerprint density at radius 1 is 1.16 bits per heavy atom. The second kappa shape index (κ2) is 6.06. The van der Waals surface area contributed by atoms with Crippen LogP contribution in [0.5, 0.6) is 0 Å². The van der Waals surface area contributed by atoms with Crippen LogP contribution in [0.25, 0.3) is 6.08 Å². The molecule has 0 N–H and O–H groups in total. The monoisotopic (exact) mass is 275 g/mol. The van der Waals surface area contributed by atoms with E-state index in [0.717, 1.165) is 13.0 Å². The van der Waals surface area contributed by atoms with E-state index in [1.807, 2.05) is 6.08 Å². The predicted molar refractivity (Wildman–Crippen MR) is 90.1 cm³/mol. The van der Waals surface area contributed by atoms with E-state index in [-0.39, 0.29) is 0 Å². The third-order valence-electron chi connectivity index (χ3n) is 4.74. The van der Waals surface area contributed by atoms with Gasteiger partial charge in [0, 0.05) is 0 Å². The van der Waals surface area contributed by atoms with E-state index in [0.29, 0.717) is 5.04 Å². The van der Waals surface area contributed by atoms with Crippen molar-refractivity contribution in [3.8, 4) is 0 Å². The summed E-state index contributed by atoms with van der Waals surface area (Å²) < 4.78 is 2.61. The zero-order chi connectivity index (χ0) is 14.7. The second-order valence-electron chi connectivity index (χ2n) is 6.93. The van der Waals surface area contributed by atoms with Crippen LogP contribution in [0.3, 0.4) is 0 Å². The highest BCUT2D eigenvalue weighted by Crippen LogP contribution is 2.37. The molecule has 1 rings (SSSR count). The number of hydrogen-bond donors (Lipinski definition) is 0. The molecule has 1 aromatic carbocycles. The molecule has 0 unspecified atom stereocenters. The van der Waals surface area contributed by atoms with Crippen LogP contribution in [-0.2, 0) is 6.42 Å². The zero-order valence-corrected chi connectivity index (χ0v) is 14.5. The van der Waals surface area contributed by atoms with E-state index < -0.39 is 8.24 Å². The van der Waals surface area contributed by atoms with Gasteiger partial charge in [0.2, 0.25) is 0 Å². The molecule has 2 heteroatoms. The summed E-state index contributed by atoms with van der Waals surface area (Å²) in [5.41, 5.74) is 2.61. The molecule has 0 aliphatic rings. The van der Waals surface area contributed by atoms with Gasteiger partial charge in [-0.3, -0.25) is 0 Å². The lowest BCUT2D eigenvalue weighted by Gasteiger charge is -2.44. The number of rotatable bonds is 5. The average Bonchev–Trinajstić information content (AvgIpc) is 2.35. The lowest BCUT2D eigenvalue weighted by atomic mass is 10.1. The highest BCUT2D eigenvalue weighted by Gasteiger charge is 2.38. The first kappa shape index (κ1) is 16.2. The molecule has 0 atom stereocenters. The van der Waals surface area contributed by atoms with Gasteiger partial charge in [-0.2, -0.15) is 0 Å². The van der Waals surface area contributed by atoms with Gasteiger partial charge in [0.15, 0.2) is 0 Å².